The van der Waals surface area contributed by atoms with Gasteiger partial charge in [0.1, 0.15) is 16.5 Å². The molecular formula is C11H16ClN3O4S. The SMILES string of the molecule is CC(C)(CNc1nc(Cl)ccc1C(=O)O)NS(C)(=O)=O. The molecule has 7 nitrogen and oxygen atoms in total. The predicted octanol–water partition coefficient (Wildman–Crippen LogP) is 1.17. The lowest BCUT2D eigenvalue weighted by molar-refractivity contribution is 0.0697. The van der Waals surface area contributed by atoms with Crippen molar-refractivity contribution < 1.29 is 18.3 Å². The van der Waals surface area contributed by atoms with E-state index in [1.54, 1.807) is 13.8 Å². The van der Waals surface area contributed by atoms with Crippen LogP contribution < -0.4 is 10.0 Å². The van der Waals surface area contributed by atoms with Gasteiger partial charge in [-0.25, -0.2) is 22.9 Å². The summed E-state index contributed by atoms with van der Waals surface area (Å²) in [5.41, 5.74) is -0.850. The fraction of sp³-hybridized carbons (Fsp3) is 0.455. The van der Waals surface area contributed by atoms with Gasteiger partial charge in [-0.2, -0.15) is 0 Å². The minimum absolute atomic E-state index is 0.0374. The number of carboxylic acid groups (broad SMARTS) is 1. The molecule has 0 saturated carbocycles. The number of nitrogens with zero attached hydrogens (tertiary/aromatic N) is 1. The minimum atomic E-state index is -3.37. The van der Waals surface area contributed by atoms with Crippen LogP contribution in [0.3, 0.4) is 0 Å². The summed E-state index contributed by atoms with van der Waals surface area (Å²) in [4.78, 5) is 14.9. The molecule has 1 heterocycles. The van der Waals surface area contributed by atoms with Crippen LogP contribution in [0.5, 0.6) is 0 Å². The zero-order valence-corrected chi connectivity index (χ0v) is 12.8. The number of carboxylic acids is 1. The number of anilines is 1. The Morgan fingerprint density at radius 1 is 1.45 bits per heavy atom. The van der Waals surface area contributed by atoms with Crippen molar-refractivity contribution in [2.75, 3.05) is 18.1 Å². The molecule has 0 aromatic carbocycles. The zero-order valence-electron chi connectivity index (χ0n) is 11.3. The van der Waals surface area contributed by atoms with E-state index in [1.165, 1.54) is 12.1 Å². The maximum absolute atomic E-state index is 11.2. The maximum atomic E-state index is 11.2. The number of carbonyl (C=O) groups is 1. The number of aromatic nitrogens is 1. The first-order valence-electron chi connectivity index (χ1n) is 5.63. The Kier molecular flexibility index (Phi) is 4.95. The highest BCUT2D eigenvalue weighted by molar-refractivity contribution is 7.88. The van der Waals surface area contributed by atoms with Gasteiger partial charge in [0.2, 0.25) is 10.0 Å². The fourth-order valence-electron chi connectivity index (χ4n) is 1.59. The third kappa shape index (κ3) is 5.32. The molecule has 0 aliphatic rings. The summed E-state index contributed by atoms with van der Waals surface area (Å²) in [5, 5.41) is 12.0. The average molecular weight is 322 g/mol. The molecule has 0 unspecified atom stereocenters. The second-order valence-corrected chi connectivity index (χ2v) is 7.08. The predicted molar refractivity (Wildman–Crippen MR) is 76.8 cm³/mol. The molecule has 0 radical (unpaired) electrons. The Bertz CT molecular complexity index is 616. The van der Waals surface area contributed by atoms with Crippen LogP contribution in [0.15, 0.2) is 12.1 Å². The van der Waals surface area contributed by atoms with E-state index in [4.69, 9.17) is 16.7 Å². The van der Waals surface area contributed by atoms with Gasteiger partial charge in [0.05, 0.1) is 6.26 Å². The third-order valence-electron chi connectivity index (χ3n) is 2.25. The van der Waals surface area contributed by atoms with E-state index in [0.29, 0.717) is 0 Å². The molecule has 20 heavy (non-hydrogen) atoms. The number of aromatic carboxylic acids is 1. The lowest BCUT2D eigenvalue weighted by atomic mass is 10.1. The monoisotopic (exact) mass is 321 g/mol. The number of hydrogen-bond donors (Lipinski definition) is 3. The Balaban J connectivity index is 2.89. The molecule has 0 fully saturated rings. The van der Waals surface area contributed by atoms with Gasteiger partial charge in [-0.05, 0) is 26.0 Å². The van der Waals surface area contributed by atoms with E-state index in [0.717, 1.165) is 6.26 Å². The second-order valence-electron chi connectivity index (χ2n) is 4.95. The van der Waals surface area contributed by atoms with Crippen LogP contribution in [-0.4, -0.2) is 42.8 Å². The van der Waals surface area contributed by atoms with Gasteiger partial charge in [-0.3, -0.25) is 0 Å². The molecule has 1 aromatic rings. The van der Waals surface area contributed by atoms with Crippen LogP contribution in [-0.2, 0) is 10.0 Å². The summed E-state index contributed by atoms with van der Waals surface area (Å²) in [6, 6.07) is 2.70. The maximum Gasteiger partial charge on any atom is 0.339 e. The highest BCUT2D eigenvalue weighted by Gasteiger charge is 2.23. The van der Waals surface area contributed by atoms with Crippen molar-refractivity contribution in [1.82, 2.24) is 9.71 Å². The van der Waals surface area contributed by atoms with Crippen LogP contribution in [0.4, 0.5) is 5.82 Å². The lowest BCUT2D eigenvalue weighted by Gasteiger charge is -2.25. The molecule has 3 N–H and O–H groups in total. The van der Waals surface area contributed by atoms with Gasteiger partial charge >= 0.3 is 5.97 Å². The van der Waals surface area contributed by atoms with E-state index in [2.05, 4.69) is 15.0 Å². The van der Waals surface area contributed by atoms with Crippen molar-refractivity contribution in [2.45, 2.75) is 19.4 Å². The van der Waals surface area contributed by atoms with Crippen LogP contribution in [0.2, 0.25) is 5.15 Å². The van der Waals surface area contributed by atoms with E-state index < -0.39 is 21.5 Å². The van der Waals surface area contributed by atoms with Gasteiger partial charge < -0.3 is 10.4 Å². The van der Waals surface area contributed by atoms with Crippen molar-refractivity contribution in [1.29, 1.82) is 0 Å². The van der Waals surface area contributed by atoms with Gasteiger partial charge in [0.15, 0.2) is 0 Å². The van der Waals surface area contributed by atoms with Crippen LogP contribution >= 0.6 is 11.6 Å². The number of halogens is 1. The standard InChI is InChI=1S/C11H16ClN3O4S/c1-11(2,15-20(3,18)19)6-13-9-7(10(16)17)4-5-8(12)14-9/h4-5,15H,6H2,1-3H3,(H,13,14)(H,16,17). The van der Waals surface area contributed by atoms with Crippen LogP contribution in [0.1, 0.15) is 24.2 Å². The van der Waals surface area contributed by atoms with E-state index in [-0.39, 0.29) is 23.1 Å². The topological polar surface area (TPSA) is 108 Å². The van der Waals surface area contributed by atoms with Gasteiger partial charge in [0.25, 0.3) is 0 Å². The Hall–Kier alpha value is -1.38. The Morgan fingerprint density at radius 2 is 2.05 bits per heavy atom. The first-order valence-corrected chi connectivity index (χ1v) is 7.90. The summed E-state index contributed by atoms with van der Waals surface area (Å²) in [7, 11) is -3.37. The first-order chi connectivity index (χ1) is 9.00. The number of pyridine rings is 1. The molecule has 1 aromatic heterocycles. The minimum Gasteiger partial charge on any atom is -0.478 e. The molecule has 1 rings (SSSR count). The molecule has 9 heteroatoms. The highest BCUT2D eigenvalue weighted by Crippen LogP contribution is 2.17. The molecule has 0 aliphatic carbocycles. The van der Waals surface area contributed by atoms with Crippen molar-refractivity contribution in [3.8, 4) is 0 Å². The number of sulfonamides is 1. The lowest BCUT2D eigenvalue weighted by Crippen LogP contribution is -2.48. The van der Waals surface area contributed by atoms with Crippen LogP contribution in [0, 0.1) is 0 Å². The summed E-state index contributed by atoms with van der Waals surface area (Å²) in [5.74, 6) is -1.06. The molecule has 0 amide bonds. The largest absolute Gasteiger partial charge is 0.478 e. The van der Waals surface area contributed by atoms with E-state index in [1.807, 2.05) is 0 Å². The van der Waals surface area contributed by atoms with Gasteiger partial charge in [0, 0.05) is 12.1 Å². The summed E-state index contributed by atoms with van der Waals surface area (Å²) < 4.78 is 24.9. The summed E-state index contributed by atoms with van der Waals surface area (Å²) >= 11 is 5.72. The van der Waals surface area contributed by atoms with E-state index >= 15 is 0 Å². The Labute approximate surface area is 122 Å². The average Bonchev–Trinajstić information content (AvgIpc) is 2.22. The highest BCUT2D eigenvalue weighted by atomic mass is 35.5. The second kappa shape index (κ2) is 5.94. The summed E-state index contributed by atoms with van der Waals surface area (Å²) in [6.07, 6.45) is 1.05. The number of nitrogens with one attached hydrogen (secondary N) is 2. The third-order valence-corrected chi connectivity index (χ3v) is 3.39. The van der Waals surface area contributed by atoms with Crippen molar-refractivity contribution in [2.24, 2.45) is 0 Å². The fourth-order valence-corrected chi connectivity index (χ4v) is 2.81. The molecule has 0 saturated heterocycles. The molecule has 0 atom stereocenters. The van der Waals surface area contributed by atoms with E-state index in [9.17, 15) is 13.2 Å². The first kappa shape index (κ1) is 16.7. The van der Waals surface area contributed by atoms with Gasteiger partial charge in [-0.15, -0.1) is 0 Å². The molecule has 0 bridgehead atoms. The Morgan fingerprint density at radius 3 is 2.55 bits per heavy atom. The van der Waals surface area contributed by atoms with Crippen molar-refractivity contribution in [3.63, 3.8) is 0 Å². The molecular weight excluding hydrogens is 306 g/mol. The molecule has 112 valence electrons. The van der Waals surface area contributed by atoms with Gasteiger partial charge in [-0.1, -0.05) is 11.6 Å². The normalized spacial score (nSPS) is 12.2. The number of hydrogen-bond acceptors (Lipinski definition) is 5. The van der Waals surface area contributed by atoms with Crippen molar-refractivity contribution >= 4 is 33.4 Å². The summed E-state index contributed by atoms with van der Waals surface area (Å²) in [6.45, 7) is 3.46. The van der Waals surface area contributed by atoms with Crippen molar-refractivity contribution in [3.05, 3.63) is 22.8 Å². The van der Waals surface area contributed by atoms with Crippen LogP contribution in [0.25, 0.3) is 0 Å². The smallest absolute Gasteiger partial charge is 0.339 e. The quantitative estimate of drug-likeness (QED) is 0.679. The molecule has 0 aliphatic heterocycles. The molecule has 0 spiro atoms. The number of rotatable bonds is 6. The zero-order chi connectivity index (χ0) is 15.6.